The first kappa shape index (κ1) is 23.3. The van der Waals surface area contributed by atoms with E-state index in [-0.39, 0.29) is 24.0 Å². The van der Waals surface area contributed by atoms with Crippen molar-refractivity contribution in [3.63, 3.8) is 0 Å². The number of halogens is 1. The average molecular weight is 488 g/mol. The number of imidazole rings is 1. The highest BCUT2D eigenvalue weighted by Crippen LogP contribution is 2.07. The standard InChI is InChI=1S/C18H28N6O2.HI/c1-3-20-18(22-6-4-10-26-12-11-25-2)23-14-16-5-7-21-17(13-16)24-9-8-19-15-24;/h5,7-9,13,15H,3-4,6,10-12,14H2,1-2H3,(H2,20,22,23);1H. The maximum Gasteiger partial charge on any atom is 0.191 e. The molecule has 0 amide bonds. The lowest BCUT2D eigenvalue weighted by atomic mass is 10.2. The van der Waals surface area contributed by atoms with E-state index in [9.17, 15) is 0 Å². The van der Waals surface area contributed by atoms with Crippen LogP contribution in [-0.4, -0.2) is 60.5 Å². The molecule has 0 bridgehead atoms. The first-order valence-electron chi connectivity index (χ1n) is 8.85. The summed E-state index contributed by atoms with van der Waals surface area (Å²) in [6.45, 7) is 6.20. The van der Waals surface area contributed by atoms with Gasteiger partial charge in [-0.15, -0.1) is 24.0 Å². The summed E-state index contributed by atoms with van der Waals surface area (Å²) in [4.78, 5) is 13.0. The lowest BCUT2D eigenvalue weighted by Gasteiger charge is -2.11. The molecule has 2 heterocycles. The van der Waals surface area contributed by atoms with Gasteiger partial charge in [-0.05, 0) is 31.0 Å². The minimum atomic E-state index is 0. The Hall–Kier alpha value is -1.72. The van der Waals surface area contributed by atoms with Crippen LogP contribution in [0.4, 0.5) is 0 Å². The number of nitrogens with one attached hydrogen (secondary N) is 2. The zero-order valence-electron chi connectivity index (χ0n) is 15.9. The number of rotatable bonds is 11. The van der Waals surface area contributed by atoms with Crippen molar-refractivity contribution >= 4 is 29.9 Å². The fraction of sp³-hybridized carbons (Fsp3) is 0.500. The van der Waals surface area contributed by atoms with E-state index in [0.29, 0.717) is 26.4 Å². The van der Waals surface area contributed by atoms with Crippen molar-refractivity contribution in [3.05, 3.63) is 42.6 Å². The number of aliphatic imine (C=N–C) groups is 1. The Bertz CT molecular complexity index is 651. The lowest BCUT2D eigenvalue weighted by Crippen LogP contribution is -2.38. The second-order valence-electron chi connectivity index (χ2n) is 5.57. The third-order valence-corrected chi connectivity index (χ3v) is 3.53. The number of guanidine groups is 1. The smallest absolute Gasteiger partial charge is 0.191 e. The quantitative estimate of drug-likeness (QED) is 0.218. The summed E-state index contributed by atoms with van der Waals surface area (Å²) < 4.78 is 12.3. The van der Waals surface area contributed by atoms with Crippen LogP contribution in [0.5, 0.6) is 0 Å². The molecule has 0 atom stereocenters. The maximum absolute atomic E-state index is 5.45. The van der Waals surface area contributed by atoms with Crippen molar-refractivity contribution < 1.29 is 9.47 Å². The summed E-state index contributed by atoms with van der Waals surface area (Å²) in [5, 5.41) is 6.57. The summed E-state index contributed by atoms with van der Waals surface area (Å²) in [5.74, 6) is 1.63. The SMILES string of the molecule is CCNC(=NCc1ccnc(-n2ccnc2)c1)NCCCOCCOC.I. The van der Waals surface area contributed by atoms with Crippen LogP contribution in [0.1, 0.15) is 18.9 Å². The largest absolute Gasteiger partial charge is 0.382 e. The molecule has 0 fully saturated rings. The van der Waals surface area contributed by atoms with Crippen molar-refractivity contribution in [2.24, 2.45) is 4.99 Å². The molecule has 0 saturated carbocycles. The zero-order chi connectivity index (χ0) is 18.5. The Labute approximate surface area is 177 Å². The molecule has 27 heavy (non-hydrogen) atoms. The molecule has 8 nitrogen and oxygen atoms in total. The Morgan fingerprint density at radius 3 is 2.85 bits per heavy atom. The van der Waals surface area contributed by atoms with Crippen LogP contribution in [0, 0.1) is 0 Å². The second kappa shape index (κ2) is 14.4. The normalized spacial score (nSPS) is 11.1. The lowest BCUT2D eigenvalue weighted by molar-refractivity contribution is 0.0698. The van der Waals surface area contributed by atoms with Gasteiger partial charge in [-0.3, -0.25) is 4.57 Å². The predicted molar refractivity (Wildman–Crippen MR) is 117 cm³/mol. The van der Waals surface area contributed by atoms with Crippen molar-refractivity contribution in [3.8, 4) is 5.82 Å². The van der Waals surface area contributed by atoms with Gasteiger partial charge in [0.05, 0.1) is 19.8 Å². The molecular formula is C18H29IN6O2. The van der Waals surface area contributed by atoms with Crippen molar-refractivity contribution in [2.45, 2.75) is 19.9 Å². The number of nitrogens with zero attached hydrogens (tertiary/aromatic N) is 4. The molecular weight excluding hydrogens is 459 g/mol. The topological polar surface area (TPSA) is 85.6 Å². The van der Waals surface area contributed by atoms with Crippen LogP contribution in [0.25, 0.3) is 5.82 Å². The molecule has 0 radical (unpaired) electrons. The van der Waals surface area contributed by atoms with Gasteiger partial charge in [-0.1, -0.05) is 0 Å². The summed E-state index contributed by atoms with van der Waals surface area (Å²) in [6.07, 6.45) is 8.04. The number of hydrogen-bond donors (Lipinski definition) is 2. The molecule has 2 N–H and O–H groups in total. The van der Waals surface area contributed by atoms with E-state index in [2.05, 4.69) is 32.5 Å². The van der Waals surface area contributed by atoms with Crippen molar-refractivity contribution in [1.29, 1.82) is 0 Å². The highest BCUT2D eigenvalue weighted by Gasteiger charge is 2.01. The highest BCUT2D eigenvalue weighted by atomic mass is 127. The fourth-order valence-corrected chi connectivity index (χ4v) is 2.23. The van der Waals surface area contributed by atoms with Gasteiger partial charge in [0.2, 0.25) is 0 Å². The van der Waals surface area contributed by atoms with Crippen molar-refractivity contribution in [2.75, 3.05) is 40.0 Å². The minimum Gasteiger partial charge on any atom is -0.382 e. The molecule has 0 aliphatic carbocycles. The number of hydrogen-bond acceptors (Lipinski definition) is 5. The molecule has 0 saturated heterocycles. The van der Waals surface area contributed by atoms with Gasteiger partial charge >= 0.3 is 0 Å². The molecule has 9 heteroatoms. The van der Waals surface area contributed by atoms with E-state index >= 15 is 0 Å². The number of pyridine rings is 1. The first-order valence-corrected chi connectivity index (χ1v) is 8.85. The third-order valence-electron chi connectivity index (χ3n) is 3.53. The molecule has 2 rings (SSSR count). The molecule has 2 aromatic rings. The van der Waals surface area contributed by atoms with Crippen molar-refractivity contribution in [1.82, 2.24) is 25.2 Å². The maximum atomic E-state index is 5.45. The third kappa shape index (κ3) is 9.16. The molecule has 0 aliphatic heterocycles. The summed E-state index contributed by atoms with van der Waals surface area (Å²) >= 11 is 0. The number of methoxy groups -OCH3 is 1. The van der Waals surface area contributed by atoms with Gasteiger partial charge in [0.25, 0.3) is 0 Å². The van der Waals surface area contributed by atoms with E-state index in [1.54, 1.807) is 25.8 Å². The monoisotopic (exact) mass is 488 g/mol. The highest BCUT2D eigenvalue weighted by molar-refractivity contribution is 14.0. The number of ether oxygens (including phenoxy) is 2. The van der Waals surface area contributed by atoms with Crippen LogP contribution >= 0.6 is 24.0 Å². The molecule has 0 aliphatic rings. The van der Waals surface area contributed by atoms with Crippen LogP contribution in [0.2, 0.25) is 0 Å². The Kier molecular flexibility index (Phi) is 12.4. The fourth-order valence-electron chi connectivity index (χ4n) is 2.23. The molecule has 150 valence electrons. The van der Waals surface area contributed by atoms with Gasteiger partial charge in [0.15, 0.2) is 5.96 Å². The first-order chi connectivity index (χ1) is 12.8. The van der Waals surface area contributed by atoms with Crippen LogP contribution < -0.4 is 10.6 Å². The molecule has 0 spiro atoms. The average Bonchev–Trinajstić information content (AvgIpc) is 3.20. The Morgan fingerprint density at radius 1 is 1.22 bits per heavy atom. The van der Waals surface area contributed by atoms with Crippen LogP contribution in [0.15, 0.2) is 42.0 Å². The van der Waals surface area contributed by atoms with E-state index in [1.165, 1.54) is 0 Å². The molecule has 0 unspecified atom stereocenters. The van der Waals surface area contributed by atoms with E-state index < -0.39 is 0 Å². The zero-order valence-corrected chi connectivity index (χ0v) is 18.3. The van der Waals surface area contributed by atoms with E-state index in [4.69, 9.17) is 9.47 Å². The van der Waals surface area contributed by atoms with Gasteiger partial charge < -0.3 is 20.1 Å². The Morgan fingerprint density at radius 2 is 2.11 bits per heavy atom. The van der Waals surface area contributed by atoms with Crippen LogP contribution in [0.3, 0.4) is 0 Å². The predicted octanol–water partition coefficient (Wildman–Crippen LogP) is 1.99. The van der Waals surface area contributed by atoms with E-state index in [0.717, 1.165) is 36.9 Å². The number of aromatic nitrogens is 3. The van der Waals surface area contributed by atoms with Gasteiger partial charge in [0.1, 0.15) is 12.1 Å². The van der Waals surface area contributed by atoms with Gasteiger partial charge in [-0.25, -0.2) is 15.0 Å². The Balaban J connectivity index is 0.00000364. The summed E-state index contributed by atoms with van der Waals surface area (Å²) in [6, 6.07) is 3.98. The summed E-state index contributed by atoms with van der Waals surface area (Å²) in [7, 11) is 1.67. The molecule has 2 aromatic heterocycles. The van der Waals surface area contributed by atoms with Gasteiger partial charge in [-0.2, -0.15) is 0 Å². The second-order valence-corrected chi connectivity index (χ2v) is 5.57. The summed E-state index contributed by atoms with van der Waals surface area (Å²) in [5.41, 5.74) is 1.09. The van der Waals surface area contributed by atoms with Gasteiger partial charge in [0, 0.05) is 45.4 Å². The van der Waals surface area contributed by atoms with Crippen LogP contribution in [-0.2, 0) is 16.0 Å². The minimum absolute atomic E-state index is 0. The van der Waals surface area contributed by atoms with E-state index in [1.807, 2.05) is 22.9 Å². The molecule has 0 aromatic carbocycles.